The normalized spacial score (nSPS) is 10.9. The molecule has 0 saturated carbocycles. The Morgan fingerprint density at radius 1 is 1.37 bits per heavy atom. The van der Waals surface area contributed by atoms with Crippen molar-refractivity contribution in [3.8, 4) is 10.6 Å². The lowest BCUT2D eigenvalue weighted by atomic mass is 10.2. The van der Waals surface area contributed by atoms with Gasteiger partial charge in [-0.2, -0.15) is 0 Å². The summed E-state index contributed by atoms with van der Waals surface area (Å²) >= 11 is 5.15. The summed E-state index contributed by atoms with van der Waals surface area (Å²) in [5, 5.41) is 13.6. The fourth-order valence-corrected chi connectivity index (χ4v) is 2.72. The number of hydrogen-bond donors (Lipinski definition) is 1. The van der Waals surface area contributed by atoms with Gasteiger partial charge in [0, 0.05) is 30.2 Å². The van der Waals surface area contributed by atoms with Gasteiger partial charge in [0.25, 0.3) is 0 Å². The summed E-state index contributed by atoms with van der Waals surface area (Å²) in [4.78, 5) is 0. The highest BCUT2D eigenvalue weighted by molar-refractivity contribution is 9.10. The largest absolute Gasteiger partial charge is 0.383 e. The molecule has 0 radical (unpaired) electrons. The van der Waals surface area contributed by atoms with Crippen molar-refractivity contribution in [3.05, 3.63) is 33.2 Å². The van der Waals surface area contributed by atoms with E-state index in [-0.39, 0.29) is 0 Å². The molecule has 0 bridgehead atoms. The lowest BCUT2D eigenvalue weighted by Crippen LogP contribution is -2.18. The van der Waals surface area contributed by atoms with Gasteiger partial charge in [-0.25, -0.2) is 0 Å². The number of nitrogens with one attached hydrogen (secondary N) is 1. The number of aryl methyl sites for hydroxylation is 1. The average molecular weight is 342 g/mol. The van der Waals surface area contributed by atoms with Crippen molar-refractivity contribution in [2.75, 3.05) is 20.3 Å². The summed E-state index contributed by atoms with van der Waals surface area (Å²) in [5.74, 6) is 0. The van der Waals surface area contributed by atoms with E-state index in [2.05, 4.69) is 56.6 Å². The summed E-state index contributed by atoms with van der Waals surface area (Å²) in [6, 6.07) is 6.23. The molecule has 6 heteroatoms. The molecule has 1 aromatic carbocycles. The molecule has 1 N–H and O–H groups in total. The van der Waals surface area contributed by atoms with Gasteiger partial charge < -0.3 is 10.1 Å². The second kappa shape index (κ2) is 7.09. The second-order valence-corrected chi connectivity index (χ2v) is 6.05. The summed E-state index contributed by atoms with van der Waals surface area (Å²) in [5.41, 5.74) is 2.31. The Hall–Kier alpha value is -0.820. The van der Waals surface area contributed by atoms with Crippen LogP contribution in [0.15, 0.2) is 22.7 Å². The van der Waals surface area contributed by atoms with Crippen LogP contribution in [-0.2, 0) is 11.3 Å². The highest BCUT2D eigenvalue weighted by Gasteiger charge is 2.07. The van der Waals surface area contributed by atoms with E-state index in [4.69, 9.17) is 4.74 Å². The van der Waals surface area contributed by atoms with Crippen LogP contribution in [0, 0.1) is 6.92 Å². The fraction of sp³-hybridized carbons (Fsp3) is 0.385. The van der Waals surface area contributed by atoms with Gasteiger partial charge in [0.05, 0.1) is 6.61 Å². The van der Waals surface area contributed by atoms with Crippen molar-refractivity contribution in [3.63, 3.8) is 0 Å². The molecule has 0 aliphatic rings. The number of rotatable bonds is 6. The van der Waals surface area contributed by atoms with Crippen molar-refractivity contribution in [2.45, 2.75) is 13.5 Å². The first-order chi connectivity index (χ1) is 9.20. The molecule has 0 atom stereocenters. The number of aromatic nitrogens is 2. The fourth-order valence-electron chi connectivity index (χ4n) is 1.54. The van der Waals surface area contributed by atoms with Gasteiger partial charge in [-0.15, -0.1) is 10.2 Å². The Balaban J connectivity index is 2.01. The van der Waals surface area contributed by atoms with Crippen molar-refractivity contribution in [1.29, 1.82) is 0 Å². The van der Waals surface area contributed by atoms with E-state index in [9.17, 15) is 0 Å². The number of methoxy groups -OCH3 is 1. The molecule has 0 unspecified atom stereocenters. The number of benzene rings is 1. The minimum absolute atomic E-state index is 0.705. The molecule has 2 aromatic rings. The smallest absolute Gasteiger partial charge is 0.147 e. The summed E-state index contributed by atoms with van der Waals surface area (Å²) < 4.78 is 6.08. The molecule has 2 rings (SSSR count). The molecule has 1 heterocycles. The first-order valence-electron chi connectivity index (χ1n) is 5.99. The minimum Gasteiger partial charge on any atom is -0.383 e. The third-order valence-corrected chi connectivity index (χ3v) is 4.47. The van der Waals surface area contributed by atoms with Crippen molar-refractivity contribution in [1.82, 2.24) is 15.5 Å². The number of ether oxygens (including phenoxy) is 1. The van der Waals surface area contributed by atoms with Crippen LogP contribution in [0.1, 0.15) is 10.6 Å². The van der Waals surface area contributed by atoms with Crippen molar-refractivity contribution < 1.29 is 4.74 Å². The molecular formula is C13H16BrN3OS. The minimum atomic E-state index is 0.705. The molecule has 0 fully saturated rings. The highest BCUT2D eigenvalue weighted by Crippen LogP contribution is 2.27. The van der Waals surface area contributed by atoms with Crippen LogP contribution in [0.25, 0.3) is 10.6 Å². The SMILES string of the molecule is COCCNCc1nnc(-c2ccc(C)c(Br)c2)s1. The van der Waals surface area contributed by atoms with Gasteiger partial charge in [0.15, 0.2) is 0 Å². The predicted molar refractivity (Wildman–Crippen MR) is 81.4 cm³/mol. The Morgan fingerprint density at radius 2 is 2.21 bits per heavy atom. The van der Waals surface area contributed by atoms with E-state index in [1.165, 1.54) is 5.56 Å². The Labute approximate surface area is 125 Å². The van der Waals surface area contributed by atoms with Gasteiger partial charge in [0.2, 0.25) is 0 Å². The Morgan fingerprint density at radius 3 is 2.95 bits per heavy atom. The topological polar surface area (TPSA) is 47.0 Å². The van der Waals surface area contributed by atoms with Gasteiger partial charge in [-0.1, -0.05) is 39.4 Å². The highest BCUT2D eigenvalue weighted by atomic mass is 79.9. The van der Waals surface area contributed by atoms with Crippen LogP contribution in [0.3, 0.4) is 0 Å². The molecular weight excluding hydrogens is 326 g/mol. The zero-order valence-corrected chi connectivity index (χ0v) is 13.3. The second-order valence-electron chi connectivity index (χ2n) is 4.13. The number of nitrogens with zero attached hydrogens (tertiary/aromatic N) is 2. The van der Waals surface area contributed by atoms with E-state index in [1.54, 1.807) is 18.4 Å². The molecule has 0 aliphatic carbocycles. The molecule has 0 spiro atoms. The van der Waals surface area contributed by atoms with E-state index < -0.39 is 0 Å². The van der Waals surface area contributed by atoms with Gasteiger partial charge >= 0.3 is 0 Å². The van der Waals surface area contributed by atoms with Crippen molar-refractivity contribution in [2.24, 2.45) is 0 Å². The Kier molecular flexibility index (Phi) is 5.45. The lowest BCUT2D eigenvalue weighted by Gasteiger charge is -2.00. The maximum Gasteiger partial charge on any atom is 0.147 e. The lowest BCUT2D eigenvalue weighted by molar-refractivity contribution is 0.199. The van der Waals surface area contributed by atoms with Gasteiger partial charge in [0.1, 0.15) is 10.0 Å². The van der Waals surface area contributed by atoms with E-state index in [0.29, 0.717) is 6.61 Å². The van der Waals surface area contributed by atoms with Crippen LogP contribution >= 0.6 is 27.3 Å². The quantitative estimate of drug-likeness (QED) is 0.820. The third kappa shape index (κ3) is 4.07. The van der Waals surface area contributed by atoms with Crippen molar-refractivity contribution >= 4 is 27.3 Å². The predicted octanol–water partition coefficient (Wildman–Crippen LogP) is 3.01. The molecule has 19 heavy (non-hydrogen) atoms. The van der Waals surface area contributed by atoms with Gasteiger partial charge in [-0.05, 0) is 18.6 Å². The van der Waals surface area contributed by atoms with Crippen LogP contribution in [0.4, 0.5) is 0 Å². The maximum atomic E-state index is 4.98. The van der Waals surface area contributed by atoms with E-state index in [1.807, 2.05) is 0 Å². The molecule has 0 aliphatic heterocycles. The molecule has 102 valence electrons. The van der Waals surface area contributed by atoms with Crippen LogP contribution in [0.2, 0.25) is 0 Å². The van der Waals surface area contributed by atoms with Crippen LogP contribution in [0.5, 0.6) is 0 Å². The summed E-state index contributed by atoms with van der Waals surface area (Å²) in [6.45, 7) is 4.32. The van der Waals surface area contributed by atoms with Gasteiger partial charge in [-0.3, -0.25) is 0 Å². The average Bonchev–Trinajstić information content (AvgIpc) is 2.87. The molecule has 1 aromatic heterocycles. The van der Waals surface area contributed by atoms with E-state index >= 15 is 0 Å². The zero-order chi connectivity index (χ0) is 13.7. The monoisotopic (exact) mass is 341 g/mol. The summed E-state index contributed by atoms with van der Waals surface area (Å²) in [7, 11) is 1.69. The zero-order valence-electron chi connectivity index (χ0n) is 10.9. The number of hydrogen-bond acceptors (Lipinski definition) is 5. The standard InChI is InChI=1S/C13H16BrN3OS/c1-9-3-4-10(7-11(9)14)13-17-16-12(19-13)8-15-5-6-18-2/h3-4,7,15H,5-6,8H2,1-2H3. The van der Waals surface area contributed by atoms with Crippen LogP contribution < -0.4 is 5.32 Å². The molecule has 4 nitrogen and oxygen atoms in total. The summed E-state index contributed by atoms with van der Waals surface area (Å²) in [6.07, 6.45) is 0. The Bertz CT molecular complexity index is 544. The van der Waals surface area contributed by atoms with E-state index in [0.717, 1.165) is 33.1 Å². The first kappa shape index (κ1) is 14.6. The third-order valence-electron chi connectivity index (χ3n) is 2.64. The van der Waals surface area contributed by atoms with Crippen LogP contribution in [-0.4, -0.2) is 30.5 Å². The number of halogens is 1. The molecule has 0 amide bonds. The first-order valence-corrected chi connectivity index (χ1v) is 7.60. The molecule has 0 saturated heterocycles. The maximum absolute atomic E-state index is 4.98.